The van der Waals surface area contributed by atoms with Gasteiger partial charge in [0.05, 0.1) is 19.6 Å². The van der Waals surface area contributed by atoms with Gasteiger partial charge < -0.3 is 20.1 Å². The number of carbonyl (C=O) groups is 1. The Labute approximate surface area is 116 Å². The third kappa shape index (κ3) is 3.07. The molecule has 106 valence electrons. The van der Waals surface area contributed by atoms with Crippen LogP contribution in [0.15, 0.2) is 36.4 Å². The molecule has 5 heteroatoms. The Kier molecular flexibility index (Phi) is 4.22. The van der Waals surface area contributed by atoms with Crippen molar-refractivity contribution in [2.45, 2.75) is 18.6 Å². The second-order valence-corrected chi connectivity index (χ2v) is 4.58. The predicted octanol–water partition coefficient (Wildman–Crippen LogP) is 1.72. The molecule has 0 aliphatic heterocycles. The van der Waals surface area contributed by atoms with Crippen LogP contribution in [0.1, 0.15) is 18.1 Å². The first kappa shape index (κ1) is 14.3. The van der Waals surface area contributed by atoms with Gasteiger partial charge in [0, 0.05) is 0 Å². The Bertz CT molecular complexity index is 623. The molecule has 3 N–H and O–H groups in total. The van der Waals surface area contributed by atoms with Gasteiger partial charge in [-0.05, 0) is 34.5 Å². The number of fused-ring (bicyclic) bond motifs is 1. The summed E-state index contributed by atoms with van der Waals surface area (Å²) < 4.78 is 5.13. The molecular formula is C15H16O5. The minimum atomic E-state index is -1.33. The Morgan fingerprint density at radius 1 is 1.15 bits per heavy atom. The number of ether oxygens (including phenoxy) is 1. The van der Waals surface area contributed by atoms with E-state index in [0.29, 0.717) is 5.56 Å². The third-order valence-corrected chi connectivity index (χ3v) is 3.16. The lowest BCUT2D eigenvalue weighted by Crippen LogP contribution is -2.21. The summed E-state index contributed by atoms with van der Waals surface area (Å²) >= 11 is 0. The van der Waals surface area contributed by atoms with Crippen LogP contribution in [0.5, 0.6) is 5.75 Å². The van der Waals surface area contributed by atoms with Gasteiger partial charge in [-0.15, -0.1) is 0 Å². The first-order chi connectivity index (χ1) is 9.51. The van der Waals surface area contributed by atoms with Crippen LogP contribution in [-0.4, -0.2) is 34.5 Å². The first-order valence-corrected chi connectivity index (χ1v) is 6.17. The SMILES string of the molecule is COc1ccc2cc(C(O)C(O)CC(=O)O)ccc2c1. The van der Waals surface area contributed by atoms with Crippen molar-refractivity contribution in [2.75, 3.05) is 7.11 Å². The summed E-state index contributed by atoms with van der Waals surface area (Å²) in [5, 5.41) is 30.0. The lowest BCUT2D eigenvalue weighted by molar-refractivity contribution is -0.141. The molecule has 20 heavy (non-hydrogen) atoms. The Morgan fingerprint density at radius 3 is 2.45 bits per heavy atom. The van der Waals surface area contributed by atoms with E-state index in [0.717, 1.165) is 16.5 Å². The van der Waals surface area contributed by atoms with Crippen molar-refractivity contribution in [3.8, 4) is 5.75 Å². The maximum Gasteiger partial charge on any atom is 0.306 e. The van der Waals surface area contributed by atoms with Gasteiger partial charge in [0.1, 0.15) is 11.9 Å². The maximum absolute atomic E-state index is 10.5. The van der Waals surface area contributed by atoms with Crippen LogP contribution in [0.4, 0.5) is 0 Å². The van der Waals surface area contributed by atoms with Gasteiger partial charge in [-0.3, -0.25) is 4.79 Å². The number of carboxylic acid groups (broad SMARTS) is 1. The summed E-state index contributed by atoms with van der Waals surface area (Å²) in [4.78, 5) is 10.5. The molecule has 0 saturated carbocycles. The molecule has 0 aromatic heterocycles. The van der Waals surface area contributed by atoms with E-state index < -0.39 is 24.6 Å². The number of carboxylic acids is 1. The van der Waals surface area contributed by atoms with Crippen molar-refractivity contribution >= 4 is 16.7 Å². The molecule has 0 aliphatic carbocycles. The monoisotopic (exact) mass is 276 g/mol. The molecule has 0 spiro atoms. The van der Waals surface area contributed by atoms with Crippen LogP contribution in [0.2, 0.25) is 0 Å². The molecule has 0 bridgehead atoms. The van der Waals surface area contributed by atoms with Gasteiger partial charge >= 0.3 is 5.97 Å². The minimum absolute atomic E-state index is 0.483. The van der Waals surface area contributed by atoms with E-state index in [-0.39, 0.29) is 0 Å². The average molecular weight is 276 g/mol. The van der Waals surface area contributed by atoms with Gasteiger partial charge in [-0.1, -0.05) is 18.2 Å². The van der Waals surface area contributed by atoms with Crippen LogP contribution in [-0.2, 0) is 4.79 Å². The number of rotatable bonds is 5. The molecule has 0 amide bonds. The quantitative estimate of drug-likeness (QED) is 0.774. The van der Waals surface area contributed by atoms with Crippen LogP contribution in [0, 0.1) is 0 Å². The zero-order valence-electron chi connectivity index (χ0n) is 11.0. The van der Waals surface area contributed by atoms with E-state index >= 15 is 0 Å². The molecule has 0 fully saturated rings. The highest BCUT2D eigenvalue weighted by molar-refractivity contribution is 5.84. The van der Waals surface area contributed by atoms with Crippen LogP contribution >= 0.6 is 0 Å². The Morgan fingerprint density at radius 2 is 1.80 bits per heavy atom. The highest BCUT2D eigenvalue weighted by Crippen LogP contribution is 2.26. The van der Waals surface area contributed by atoms with Gasteiger partial charge in [0.15, 0.2) is 0 Å². The van der Waals surface area contributed by atoms with E-state index in [1.165, 1.54) is 0 Å². The number of hydrogen-bond donors (Lipinski definition) is 3. The number of hydrogen-bond acceptors (Lipinski definition) is 4. The normalized spacial score (nSPS) is 13.9. The Balaban J connectivity index is 2.29. The second kappa shape index (κ2) is 5.90. The molecular weight excluding hydrogens is 260 g/mol. The van der Waals surface area contributed by atoms with Gasteiger partial charge in [0.2, 0.25) is 0 Å². The van der Waals surface area contributed by atoms with E-state index in [1.54, 1.807) is 31.4 Å². The van der Waals surface area contributed by atoms with Crippen molar-refractivity contribution in [1.29, 1.82) is 0 Å². The number of methoxy groups -OCH3 is 1. The summed E-state index contributed by atoms with van der Waals surface area (Å²) in [5.74, 6) is -0.418. The molecule has 0 saturated heterocycles. The molecule has 2 rings (SSSR count). The van der Waals surface area contributed by atoms with Crippen molar-refractivity contribution in [3.63, 3.8) is 0 Å². The molecule has 2 aromatic carbocycles. The fraction of sp³-hybridized carbons (Fsp3) is 0.267. The standard InChI is InChI=1S/C15H16O5/c1-20-12-5-4-9-6-11(3-2-10(9)7-12)15(19)13(16)8-14(17)18/h2-7,13,15-16,19H,8H2,1H3,(H,17,18). The zero-order chi connectivity index (χ0) is 14.7. The number of aliphatic hydroxyl groups is 2. The van der Waals surface area contributed by atoms with Gasteiger partial charge in [0.25, 0.3) is 0 Å². The van der Waals surface area contributed by atoms with Crippen molar-refractivity contribution in [1.82, 2.24) is 0 Å². The van der Waals surface area contributed by atoms with E-state index in [2.05, 4.69) is 0 Å². The second-order valence-electron chi connectivity index (χ2n) is 4.58. The van der Waals surface area contributed by atoms with Crippen LogP contribution < -0.4 is 4.74 Å². The summed E-state index contributed by atoms with van der Waals surface area (Å²) in [7, 11) is 1.58. The molecule has 2 atom stereocenters. The largest absolute Gasteiger partial charge is 0.497 e. The fourth-order valence-corrected chi connectivity index (χ4v) is 2.07. The van der Waals surface area contributed by atoms with Crippen LogP contribution in [0.3, 0.4) is 0 Å². The summed E-state index contributed by atoms with van der Waals surface area (Å²) in [6.07, 6.45) is -3.05. The summed E-state index contributed by atoms with van der Waals surface area (Å²) in [6, 6.07) is 10.7. The van der Waals surface area contributed by atoms with Gasteiger partial charge in [-0.25, -0.2) is 0 Å². The summed E-state index contributed by atoms with van der Waals surface area (Å²) in [6.45, 7) is 0. The van der Waals surface area contributed by atoms with Crippen molar-refractivity contribution in [2.24, 2.45) is 0 Å². The number of aliphatic hydroxyl groups excluding tert-OH is 2. The zero-order valence-corrected chi connectivity index (χ0v) is 11.0. The highest BCUT2D eigenvalue weighted by atomic mass is 16.5. The molecule has 2 unspecified atom stereocenters. The smallest absolute Gasteiger partial charge is 0.306 e. The maximum atomic E-state index is 10.5. The van der Waals surface area contributed by atoms with E-state index in [4.69, 9.17) is 9.84 Å². The Hall–Kier alpha value is -2.11. The van der Waals surface area contributed by atoms with Crippen LogP contribution in [0.25, 0.3) is 10.8 Å². The fourth-order valence-electron chi connectivity index (χ4n) is 2.07. The molecule has 5 nitrogen and oxygen atoms in total. The van der Waals surface area contributed by atoms with Gasteiger partial charge in [-0.2, -0.15) is 0 Å². The number of aliphatic carboxylic acids is 1. The molecule has 0 aliphatic rings. The third-order valence-electron chi connectivity index (χ3n) is 3.16. The van der Waals surface area contributed by atoms with Crippen molar-refractivity contribution < 1.29 is 24.9 Å². The van der Waals surface area contributed by atoms with E-state index in [9.17, 15) is 15.0 Å². The highest BCUT2D eigenvalue weighted by Gasteiger charge is 2.21. The molecule has 0 heterocycles. The molecule has 0 radical (unpaired) electrons. The first-order valence-electron chi connectivity index (χ1n) is 6.17. The van der Waals surface area contributed by atoms with Crippen molar-refractivity contribution in [3.05, 3.63) is 42.0 Å². The predicted molar refractivity (Wildman–Crippen MR) is 73.7 cm³/mol. The van der Waals surface area contributed by atoms with E-state index in [1.807, 2.05) is 12.1 Å². The summed E-state index contributed by atoms with van der Waals surface area (Å²) in [5.41, 5.74) is 0.483. The lowest BCUT2D eigenvalue weighted by Gasteiger charge is -2.17. The lowest BCUT2D eigenvalue weighted by atomic mass is 9.99. The number of benzene rings is 2. The minimum Gasteiger partial charge on any atom is -0.497 e. The topological polar surface area (TPSA) is 87.0 Å². The molecule has 2 aromatic rings. The average Bonchev–Trinajstić information content (AvgIpc) is 2.44.